The normalized spacial score (nSPS) is 10.5. The summed E-state index contributed by atoms with van der Waals surface area (Å²) >= 11 is 0. The number of carbonyl (C=O) groups is 2. The van der Waals surface area contributed by atoms with Gasteiger partial charge in [0.05, 0.1) is 23.4 Å². The van der Waals surface area contributed by atoms with Crippen LogP contribution in [0.15, 0.2) is 79.1 Å². The summed E-state index contributed by atoms with van der Waals surface area (Å²) in [6.07, 6.45) is 2.80. The lowest BCUT2D eigenvalue weighted by Crippen LogP contribution is -2.33. The van der Waals surface area contributed by atoms with Crippen LogP contribution < -0.4 is 4.90 Å². The summed E-state index contributed by atoms with van der Waals surface area (Å²) in [4.78, 5) is 30.2. The van der Waals surface area contributed by atoms with Gasteiger partial charge in [-0.15, -0.1) is 0 Å². The van der Waals surface area contributed by atoms with Crippen LogP contribution in [0.25, 0.3) is 0 Å². The minimum atomic E-state index is -1.10. The Morgan fingerprint density at radius 2 is 1.46 bits per heavy atom. The molecule has 0 saturated carbocycles. The number of aromatic nitrogens is 1. The third-order valence-corrected chi connectivity index (χ3v) is 4.24. The number of likely N-dealkylation sites (N-methyl/N-ethyl adjacent to an activating group) is 1. The van der Waals surface area contributed by atoms with Crippen molar-refractivity contribution in [2.45, 2.75) is 5.92 Å². The molecule has 1 amide bonds. The Labute approximate surface area is 151 Å². The number of carbonyl (C=O) groups excluding carboxylic acids is 1. The van der Waals surface area contributed by atoms with Crippen LogP contribution in [-0.4, -0.2) is 29.0 Å². The molecule has 0 spiro atoms. The Morgan fingerprint density at radius 1 is 0.923 bits per heavy atom. The number of aromatic carboxylic acids is 1. The van der Waals surface area contributed by atoms with E-state index < -0.39 is 11.9 Å². The molecule has 0 radical (unpaired) electrons. The number of hydrogen-bond donors (Lipinski definition) is 1. The lowest BCUT2D eigenvalue weighted by Gasteiger charge is -2.25. The van der Waals surface area contributed by atoms with Crippen LogP contribution in [0, 0.1) is 0 Å². The maximum absolute atomic E-state index is 13.3. The van der Waals surface area contributed by atoms with Crippen LogP contribution in [-0.2, 0) is 4.79 Å². The standard InChI is InChI=1S/C21H18N2O3/c1-23(18-14-22-13-12-17(18)21(25)26)20(24)19(15-8-4-2-5-9-15)16-10-6-3-7-11-16/h2-14,19H,1H3,(H,25,26). The number of carboxylic acids is 1. The first-order valence-corrected chi connectivity index (χ1v) is 8.14. The van der Waals surface area contributed by atoms with Crippen LogP contribution in [0.2, 0.25) is 0 Å². The monoisotopic (exact) mass is 346 g/mol. The number of benzene rings is 2. The van der Waals surface area contributed by atoms with E-state index in [9.17, 15) is 14.7 Å². The maximum Gasteiger partial charge on any atom is 0.337 e. The summed E-state index contributed by atoms with van der Waals surface area (Å²) in [6, 6.07) is 20.3. The van der Waals surface area contributed by atoms with Crippen molar-refractivity contribution in [1.82, 2.24) is 4.98 Å². The van der Waals surface area contributed by atoms with Crippen molar-refractivity contribution in [2.24, 2.45) is 0 Å². The first kappa shape index (κ1) is 17.4. The van der Waals surface area contributed by atoms with Crippen molar-refractivity contribution in [3.8, 4) is 0 Å². The number of carboxylic acid groups (broad SMARTS) is 1. The third-order valence-electron chi connectivity index (χ3n) is 4.24. The number of amides is 1. The summed E-state index contributed by atoms with van der Waals surface area (Å²) in [5, 5.41) is 9.40. The SMILES string of the molecule is CN(C(=O)C(c1ccccc1)c1ccccc1)c1cnccc1C(=O)O. The number of rotatable bonds is 5. The van der Waals surface area contributed by atoms with Gasteiger partial charge in [-0.05, 0) is 17.2 Å². The summed E-state index contributed by atoms with van der Waals surface area (Å²) < 4.78 is 0. The quantitative estimate of drug-likeness (QED) is 0.767. The first-order chi connectivity index (χ1) is 12.6. The van der Waals surface area contributed by atoms with Crippen molar-refractivity contribution < 1.29 is 14.7 Å². The number of anilines is 1. The van der Waals surface area contributed by atoms with E-state index in [1.165, 1.54) is 23.4 Å². The Bertz CT molecular complexity index is 871. The van der Waals surface area contributed by atoms with Crippen LogP contribution in [0.4, 0.5) is 5.69 Å². The topological polar surface area (TPSA) is 70.5 Å². The zero-order valence-corrected chi connectivity index (χ0v) is 14.2. The highest BCUT2D eigenvalue weighted by Gasteiger charge is 2.28. The van der Waals surface area contributed by atoms with Crippen LogP contribution in [0.1, 0.15) is 27.4 Å². The van der Waals surface area contributed by atoms with E-state index in [4.69, 9.17) is 0 Å². The van der Waals surface area contributed by atoms with Crippen molar-refractivity contribution >= 4 is 17.6 Å². The van der Waals surface area contributed by atoms with Gasteiger partial charge in [0.1, 0.15) is 0 Å². The van der Waals surface area contributed by atoms with E-state index in [0.29, 0.717) is 0 Å². The molecule has 0 saturated heterocycles. The Balaban J connectivity index is 2.05. The predicted octanol–water partition coefficient (Wildman–Crippen LogP) is 3.57. The van der Waals surface area contributed by atoms with Gasteiger partial charge in [-0.1, -0.05) is 60.7 Å². The lowest BCUT2D eigenvalue weighted by atomic mass is 9.90. The molecule has 1 heterocycles. The highest BCUT2D eigenvalue weighted by atomic mass is 16.4. The van der Waals surface area contributed by atoms with E-state index in [2.05, 4.69) is 4.98 Å². The molecule has 1 N–H and O–H groups in total. The fourth-order valence-electron chi connectivity index (χ4n) is 2.92. The molecule has 0 aliphatic rings. The van der Waals surface area contributed by atoms with Gasteiger partial charge in [-0.25, -0.2) is 4.79 Å². The van der Waals surface area contributed by atoms with Gasteiger partial charge in [0.15, 0.2) is 0 Å². The predicted molar refractivity (Wildman–Crippen MR) is 99.3 cm³/mol. The molecule has 0 aliphatic carbocycles. The number of nitrogens with zero attached hydrogens (tertiary/aromatic N) is 2. The second-order valence-corrected chi connectivity index (χ2v) is 5.85. The minimum absolute atomic E-state index is 0.0377. The van der Waals surface area contributed by atoms with Gasteiger partial charge in [0.25, 0.3) is 0 Å². The molecule has 0 aliphatic heterocycles. The molecule has 3 rings (SSSR count). The van der Waals surface area contributed by atoms with Gasteiger partial charge in [-0.3, -0.25) is 9.78 Å². The van der Waals surface area contributed by atoms with Gasteiger partial charge in [-0.2, -0.15) is 0 Å². The average Bonchev–Trinajstić information content (AvgIpc) is 2.69. The van der Waals surface area contributed by atoms with Crippen molar-refractivity contribution in [3.05, 3.63) is 95.8 Å². The summed E-state index contributed by atoms with van der Waals surface area (Å²) in [5.41, 5.74) is 1.99. The van der Waals surface area contributed by atoms with Crippen LogP contribution in [0.5, 0.6) is 0 Å². The van der Waals surface area contributed by atoms with E-state index in [1.54, 1.807) is 7.05 Å². The Kier molecular flexibility index (Phi) is 5.08. The van der Waals surface area contributed by atoms with Gasteiger partial charge >= 0.3 is 5.97 Å². The molecule has 5 heteroatoms. The molecular formula is C21H18N2O3. The lowest BCUT2D eigenvalue weighted by molar-refractivity contribution is -0.118. The van der Waals surface area contributed by atoms with Crippen molar-refractivity contribution in [1.29, 1.82) is 0 Å². The molecular weight excluding hydrogens is 328 g/mol. The van der Waals surface area contributed by atoms with E-state index >= 15 is 0 Å². The molecule has 130 valence electrons. The average molecular weight is 346 g/mol. The summed E-state index contributed by atoms with van der Waals surface area (Å²) in [6.45, 7) is 0. The molecule has 0 fully saturated rings. The number of hydrogen-bond acceptors (Lipinski definition) is 3. The third kappa shape index (κ3) is 3.47. The maximum atomic E-state index is 13.3. The zero-order chi connectivity index (χ0) is 18.5. The molecule has 1 aromatic heterocycles. The summed E-state index contributed by atoms with van der Waals surface area (Å²) in [5.74, 6) is -1.86. The highest BCUT2D eigenvalue weighted by Crippen LogP contribution is 2.29. The first-order valence-electron chi connectivity index (χ1n) is 8.14. The zero-order valence-electron chi connectivity index (χ0n) is 14.2. The smallest absolute Gasteiger partial charge is 0.337 e. The largest absolute Gasteiger partial charge is 0.478 e. The van der Waals surface area contributed by atoms with E-state index in [0.717, 1.165) is 11.1 Å². The fraction of sp³-hybridized carbons (Fsp3) is 0.0952. The Hall–Kier alpha value is -3.47. The van der Waals surface area contributed by atoms with Crippen molar-refractivity contribution in [3.63, 3.8) is 0 Å². The minimum Gasteiger partial charge on any atom is -0.478 e. The van der Waals surface area contributed by atoms with Gasteiger partial charge in [0.2, 0.25) is 5.91 Å². The molecule has 5 nitrogen and oxygen atoms in total. The second-order valence-electron chi connectivity index (χ2n) is 5.85. The van der Waals surface area contributed by atoms with Gasteiger partial charge < -0.3 is 10.0 Å². The van der Waals surface area contributed by atoms with E-state index in [1.807, 2.05) is 60.7 Å². The number of pyridine rings is 1. The molecule has 2 aromatic carbocycles. The highest BCUT2D eigenvalue weighted by molar-refractivity contribution is 6.04. The fourth-order valence-corrected chi connectivity index (χ4v) is 2.92. The van der Waals surface area contributed by atoms with Gasteiger partial charge in [0, 0.05) is 13.2 Å². The molecule has 0 atom stereocenters. The van der Waals surface area contributed by atoms with Crippen molar-refractivity contribution in [2.75, 3.05) is 11.9 Å². The second kappa shape index (κ2) is 7.61. The molecule has 0 unspecified atom stereocenters. The summed E-state index contributed by atoms with van der Waals surface area (Å²) in [7, 11) is 1.57. The van der Waals surface area contributed by atoms with E-state index in [-0.39, 0.29) is 17.2 Å². The molecule has 3 aromatic rings. The van der Waals surface area contributed by atoms with Crippen LogP contribution in [0.3, 0.4) is 0 Å². The Morgan fingerprint density at radius 3 is 1.96 bits per heavy atom. The molecule has 0 bridgehead atoms. The molecule has 26 heavy (non-hydrogen) atoms. The van der Waals surface area contributed by atoms with Crippen LogP contribution >= 0.6 is 0 Å².